The summed E-state index contributed by atoms with van der Waals surface area (Å²) in [6, 6.07) is 4.31. The first-order valence-electron chi connectivity index (χ1n) is 5.74. The molecule has 0 radical (unpaired) electrons. The lowest BCUT2D eigenvalue weighted by molar-refractivity contribution is 0.262. The molecule has 0 fully saturated rings. The zero-order valence-corrected chi connectivity index (χ0v) is 11.8. The highest BCUT2D eigenvalue weighted by atomic mass is 35.5. The fraction of sp³-hybridized carbons (Fsp3) is 0.167. The third kappa shape index (κ3) is 4.12. The van der Waals surface area contributed by atoms with E-state index in [1.54, 1.807) is 24.4 Å². The molecule has 0 aliphatic rings. The molecular weight excluding hydrogens is 303 g/mol. The van der Waals surface area contributed by atoms with Crippen LogP contribution in [0.25, 0.3) is 0 Å². The number of hydrogen-bond donors (Lipinski definition) is 3. The van der Waals surface area contributed by atoms with Gasteiger partial charge >= 0.3 is 6.03 Å². The SMILES string of the molecule is O=C(Nc1cc(Cl)cc(Cl)c1)Nc1cnn(CCO)c1. The van der Waals surface area contributed by atoms with E-state index in [0.29, 0.717) is 28.0 Å². The molecule has 1 aromatic heterocycles. The van der Waals surface area contributed by atoms with Gasteiger partial charge in [0.25, 0.3) is 0 Å². The monoisotopic (exact) mass is 314 g/mol. The molecule has 2 aromatic rings. The molecule has 1 aromatic carbocycles. The first kappa shape index (κ1) is 14.6. The number of carbonyl (C=O) groups is 1. The van der Waals surface area contributed by atoms with Gasteiger partial charge in [-0.25, -0.2) is 4.79 Å². The molecule has 2 amide bonds. The number of rotatable bonds is 4. The Bertz CT molecular complexity index is 595. The highest BCUT2D eigenvalue weighted by Gasteiger charge is 2.06. The minimum atomic E-state index is -0.438. The number of nitrogens with one attached hydrogen (secondary N) is 2. The van der Waals surface area contributed by atoms with Crippen molar-refractivity contribution in [2.45, 2.75) is 6.54 Å². The molecule has 2 rings (SSSR count). The minimum absolute atomic E-state index is 0.0195. The molecule has 0 aliphatic carbocycles. The van der Waals surface area contributed by atoms with E-state index < -0.39 is 6.03 Å². The van der Waals surface area contributed by atoms with Crippen LogP contribution in [0, 0.1) is 0 Å². The number of aliphatic hydroxyl groups excluding tert-OH is 1. The van der Waals surface area contributed by atoms with Crippen molar-refractivity contribution in [2.24, 2.45) is 0 Å². The minimum Gasteiger partial charge on any atom is -0.394 e. The lowest BCUT2D eigenvalue weighted by Gasteiger charge is -2.06. The summed E-state index contributed by atoms with van der Waals surface area (Å²) in [6.45, 7) is 0.349. The fourth-order valence-corrected chi connectivity index (χ4v) is 2.10. The largest absolute Gasteiger partial charge is 0.394 e. The number of amides is 2. The second-order valence-electron chi connectivity index (χ2n) is 3.95. The van der Waals surface area contributed by atoms with E-state index in [9.17, 15) is 4.79 Å². The molecule has 106 valence electrons. The van der Waals surface area contributed by atoms with Gasteiger partial charge in [-0.2, -0.15) is 5.10 Å². The maximum atomic E-state index is 11.8. The molecule has 6 nitrogen and oxygen atoms in total. The van der Waals surface area contributed by atoms with Crippen LogP contribution in [0.1, 0.15) is 0 Å². The number of carbonyl (C=O) groups excluding carboxylic acids is 1. The zero-order valence-electron chi connectivity index (χ0n) is 10.3. The number of aliphatic hydroxyl groups is 1. The molecule has 0 atom stereocenters. The van der Waals surface area contributed by atoms with E-state index in [2.05, 4.69) is 15.7 Å². The lowest BCUT2D eigenvalue weighted by Crippen LogP contribution is -2.19. The van der Waals surface area contributed by atoms with E-state index in [4.69, 9.17) is 28.3 Å². The topological polar surface area (TPSA) is 79.2 Å². The molecule has 3 N–H and O–H groups in total. The summed E-state index contributed by atoms with van der Waals surface area (Å²) in [6.07, 6.45) is 3.10. The van der Waals surface area contributed by atoms with Crippen molar-refractivity contribution in [2.75, 3.05) is 17.2 Å². The van der Waals surface area contributed by atoms with E-state index in [1.807, 2.05) is 0 Å². The van der Waals surface area contributed by atoms with Crippen molar-refractivity contribution < 1.29 is 9.90 Å². The summed E-state index contributed by atoms with van der Waals surface area (Å²) in [5.41, 5.74) is 1.01. The van der Waals surface area contributed by atoms with Crippen LogP contribution < -0.4 is 10.6 Å². The number of benzene rings is 1. The molecule has 20 heavy (non-hydrogen) atoms. The van der Waals surface area contributed by atoms with Crippen molar-refractivity contribution in [3.05, 3.63) is 40.6 Å². The number of hydrogen-bond acceptors (Lipinski definition) is 3. The quantitative estimate of drug-likeness (QED) is 0.812. The Morgan fingerprint density at radius 3 is 2.50 bits per heavy atom. The van der Waals surface area contributed by atoms with Crippen LogP contribution >= 0.6 is 23.2 Å². The van der Waals surface area contributed by atoms with Crippen LogP contribution in [-0.2, 0) is 6.54 Å². The van der Waals surface area contributed by atoms with Gasteiger partial charge in [-0.3, -0.25) is 4.68 Å². The van der Waals surface area contributed by atoms with Gasteiger partial charge in [-0.15, -0.1) is 0 Å². The Morgan fingerprint density at radius 1 is 1.20 bits per heavy atom. The van der Waals surface area contributed by atoms with Crippen molar-refractivity contribution >= 4 is 40.6 Å². The van der Waals surface area contributed by atoms with Crippen LogP contribution in [0.15, 0.2) is 30.6 Å². The molecule has 0 spiro atoms. The van der Waals surface area contributed by atoms with Gasteiger partial charge in [0.1, 0.15) is 0 Å². The molecular formula is C12H12Cl2N4O2. The normalized spacial score (nSPS) is 10.3. The number of urea groups is 1. The predicted molar refractivity (Wildman–Crippen MR) is 78.4 cm³/mol. The summed E-state index contributed by atoms with van der Waals surface area (Å²) in [7, 11) is 0. The third-order valence-corrected chi connectivity index (χ3v) is 2.78. The first-order chi connectivity index (χ1) is 9.56. The van der Waals surface area contributed by atoms with Gasteiger partial charge in [-0.1, -0.05) is 23.2 Å². The van der Waals surface area contributed by atoms with Crippen molar-refractivity contribution in [1.82, 2.24) is 9.78 Å². The van der Waals surface area contributed by atoms with Crippen molar-refractivity contribution in [3.63, 3.8) is 0 Å². The van der Waals surface area contributed by atoms with Gasteiger partial charge in [0, 0.05) is 21.9 Å². The van der Waals surface area contributed by atoms with E-state index in [1.165, 1.54) is 10.9 Å². The summed E-state index contributed by atoms with van der Waals surface area (Å²) in [4.78, 5) is 11.8. The van der Waals surface area contributed by atoms with Crippen LogP contribution in [0.3, 0.4) is 0 Å². The van der Waals surface area contributed by atoms with Crippen LogP contribution in [0.2, 0.25) is 10.0 Å². The lowest BCUT2D eigenvalue weighted by atomic mass is 10.3. The van der Waals surface area contributed by atoms with Gasteiger partial charge in [0.2, 0.25) is 0 Å². The summed E-state index contributed by atoms with van der Waals surface area (Å²) in [5, 5.41) is 18.8. The molecule has 0 saturated heterocycles. The Kier molecular flexibility index (Phi) is 4.84. The Hall–Kier alpha value is -1.76. The fourth-order valence-electron chi connectivity index (χ4n) is 1.57. The first-order valence-corrected chi connectivity index (χ1v) is 6.50. The number of anilines is 2. The van der Waals surface area contributed by atoms with E-state index in [-0.39, 0.29) is 6.61 Å². The van der Waals surface area contributed by atoms with Crippen LogP contribution in [0.5, 0.6) is 0 Å². The maximum Gasteiger partial charge on any atom is 0.323 e. The molecule has 0 saturated carbocycles. The molecule has 8 heteroatoms. The van der Waals surface area contributed by atoms with Crippen molar-refractivity contribution in [1.29, 1.82) is 0 Å². The average molecular weight is 315 g/mol. The maximum absolute atomic E-state index is 11.8. The highest BCUT2D eigenvalue weighted by Crippen LogP contribution is 2.22. The Balaban J connectivity index is 1.97. The van der Waals surface area contributed by atoms with Gasteiger partial charge in [0.05, 0.1) is 25.0 Å². The summed E-state index contributed by atoms with van der Waals surface area (Å²) >= 11 is 11.7. The number of nitrogens with zero attached hydrogens (tertiary/aromatic N) is 2. The Labute approximate surface area is 125 Å². The zero-order chi connectivity index (χ0) is 14.5. The molecule has 1 heterocycles. The Morgan fingerprint density at radius 2 is 1.85 bits per heavy atom. The van der Waals surface area contributed by atoms with Crippen LogP contribution in [0.4, 0.5) is 16.2 Å². The standard InChI is InChI=1S/C12H12Cl2N4O2/c13-8-3-9(14)5-10(4-8)16-12(20)17-11-6-15-18(7-11)1-2-19/h3-7,19H,1-2H2,(H2,16,17,20). The second kappa shape index (κ2) is 6.60. The second-order valence-corrected chi connectivity index (χ2v) is 4.83. The van der Waals surface area contributed by atoms with Crippen molar-refractivity contribution in [3.8, 4) is 0 Å². The predicted octanol–water partition coefficient (Wildman–Crippen LogP) is 2.83. The average Bonchev–Trinajstić information content (AvgIpc) is 2.75. The van der Waals surface area contributed by atoms with E-state index >= 15 is 0 Å². The van der Waals surface area contributed by atoms with E-state index in [0.717, 1.165) is 0 Å². The molecule has 0 bridgehead atoms. The number of aromatic nitrogens is 2. The summed E-state index contributed by atoms with van der Waals surface area (Å²) in [5.74, 6) is 0. The number of halogens is 2. The smallest absolute Gasteiger partial charge is 0.323 e. The molecule has 0 aliphatic heterocycles. The highest BCUT2D eigenvalue weighted by molar-refractivity contribution is 6.35. The van der Waals surface area contributed by atoms with Crippen LogP contribution in [-0.4, -0.2) is 27.5 Å². The summed E-state index contributed by atoms with van der Waals surface area (Å²) < 4.78 is 1.52. The molecule has 0 unspecified atom stereocenters. The third-order valence-electron chi connectivity index (χ3n) is 2.34. The van der Waals surface area contributed by atoms with Gasteiger partial charge in [0.15, 0.2) is 0 Å². The van der Waals surface area contributed by atoms with Gasteiger partial charge in [-0.05, 0) is 18.2 Å². The van der Waals surface area contributed by atoms with Gasteiger partial charge < -0.3 is 15.7 Å².